The molecule has 0 aliphatic carbocycles. The van der Waals surface area contributed by atoms with Gasteiger partial charge in [0.05, 0.1) is 12.2 Å². The Labute approximate surface area is 107 Å². The third-order valence-electron chi connectivity index (χ3n) is 3.01. The van der Waals surface area contributed by atoms with E-state index in [0.717, 1.165) is 25.9 Å². The van der Waals surface area contributed by atoms with Crippen molar-refractivity contribution in [1.82, 2.24) is 9.97 Å². The molecule has 0 saturated carbocycles. The van der Waals surface area contributed by atoms with Crippen LogP contribution in [-0.2, 0) is 0 Å². The summed E-state index contributed by atoms with van der Waals surface area (Å²) in [5, 5.41) is 7.42. The molecule has 7 heteroatoms. The zero-order valence-electron chi connectivity index (χ0n) is 9.24. The van der Waals surface area contributed by atoms with Crippen LogP contribution in [0.2, 0.25) is 0 Å². The van der Waals surface area contributed by atoms with Gasteiger partial charge in [-0.25, -0.2) is 4.98 Å². The summed E-state index contributed by atoms with van der Waals surface area (Å²) < 4.78 is 0.460. The molecule has 0 spiro atoms. The van der Waals surface area contributed by atoms with Gasteiger partial charge < -0.3 is 15.6 Å². The molecule has 0 amide bonds. The number of aromatic nitrogens is 2. The lowest BCUT2D eigenvalue weighted by atomic mass is 9.96. The summed E-state index contributed by atoms with van der Waals surface area (Å²) in [5.74, 6) is 1.07. The summed E-state index contributed by atoms with van der Waals surface area (Å²) in [6, 6.07) is 0. The number of aromatic amines is 1. The van der Waals surface area contributed by atoms with E-state index in [9.17, 15) is 4.79 Å². The molecule has 1 aromatic heterocycles. The van der Waals surface area contributed by atoms with Crippen molar-refractivity contribution in [2.75, 3.05) is 18.0 Å². The molecule has 1 fully saturated rings. The highest BCUT2D eigenvalue weighted by atomic mass is 79.9. The first-order valence-electron chi connectivity index (χ1n) is 5.41. The van der Waals surface area contributed by atoms with Gasteiger partial charge in [0.15, 0.2) is 0 Å². The average molecular weight is 300 g/mol. The van der Waals surface area contributed by atoms with Gasteiger partial charge in [-0.2, -0.15) is 0 Å². The second kappa shape index (κ2) is 4.87. The number of rotatable bonds is 2. The Hall–Kier alpha value is -1.37. The van der Waals surface area contributed by atoms with Gasteiger partial charge in [-0.3, -0.25) is 10.2 Å². The minimum absolute atomic E-state index is 0.159. The van der Waals surface area contributed by atoms with E-state index in [0.29, 0.717) is 10.3 Å². The molecule has 2 heterocycles. The minimum atomic E-state index is -0.177. The molecule has 1 aliphatic rings. The number of nitrogens with zero attached hydrogens (tertiary/aromatic N) is 2. The average Bonchev–Trinajstić information content (AvgIpc) is 2.33. The first kappa shape index (κ1) is 12.1. The van der Waals surface area contributed by atoms with Crippen LogP contribution in [0.25, 0.3) is 0 Å². The summed E-state index contributed by atoms with van der Waals surface area (Å²) in [4.78, 5) is 20.2. The van der Waals surface area contributed by atoms with Crippen molar-refractivity contribution in [3.63, 3.8) is 0 Å². The normalized spacial score (nSPS) is 17.1. The van der Waals surface area contributed by atoms with Gasteiger partial charge in [0.25, 0.3) is 5.56 Å². The molecule has 0 aromatic carbocycles. The highest BCUT2D eigenvalue weighted by Gasteiger charge is 2.23. The Kier molecular flexibility index (Phi) is 3.46. The van der Waals surface area contributed by atoms with Crippen molar-refractivity contribution in [1.29, 1.82) is 5.41 Å². The van der Waals surface area contributed by atoms with E-state index in [4.69, 9.17) is 11.1 Å². The molecular formula is C10H14BrN5O. The lowest BCUT2D eigenvalue weighted by Gasteiger charge is -2.32. The maximum Gasteiger partial charge on any atom is 0.267 e. The molecule has 2 rings (SSSR count). The Morgan fingerprint density at radius 3 is 2.82 bits per heavy atom. The van der Waals surface area contributed by atoms with E-state index in [-0.39, 0.29) is 17.3 Å². The number of H-pyrrole nitrogens is 1. The molecule has 1 aromatic rings. The number of halogens is 1. The van der Waals surface area contributed by atoms with Crippen LogP contribution < -0.4 is 16.2 Å². The first-order chi connectivity index (χ1) is 8.09. The van der Waals surface area contributed by atoms with Gasteiger partial charge in [-0.1, -0.05) is 0 Å². The number of hydrogen-bond donors (Lipinski definition) is 3. The quantitative estimate of drug-likeness (QED) is 0.552. The molecule has 1 saturated heterocycles. The van der Waals surface area contributed by atoms with Gasteiger partial charge in [-0.05, 0) is 28.8 Å². The predicted octanol–water partition coefficient (Wildman–Crippen LogP) is 0.685. The molecule has 17 heavy (non-hydrogen) atoms. The van der Waals surface area contributed by atoms with Gasteiger partial charge in [0.1, 0.15) is 10.3 Å². The molecule has 0 bridgehead atoms. The van der Waals surface area contributed by atoms with Crippen molar-refractivity contribution in [2.24, 2.45) is 11.7 Å². The molecule has 1 aliphatic heterocycles. The van der Waals surface area contributed by atoms with E-state index < -0.39 is 0 Å². The Balaban J connectivity index is 2.13. The predicted molar refractivity (Wildman–Crippen MR) is 69.4 cm³/mol. The van der Waals surface area contributed by atoms with Crippen molar-refractivity contribution in [2.45, 2.75) is 12.8 Å². The maximum absolute atomic E-state index is 11.4. The number of hydrogen-bond acceptors (Lipinski definition) is 4. The highest BCUT2D eigenvalue weighted by molar-refractivity contribution is 9.10. The molecule has 6 nitrogen and oxygen atoms in total. The van der Waals surface area contributed by atoms with E-state index in [1.165, 1.54) is 6.33 Å². The van der Waals surface area contributed by atoms with Crippen LogP contribution >= 0.6 is 15.9 Å². The Morgan fingerprint density at radius 2 is 2.24 bits per heavy atom. The van der Waals surface area contributed by atoms with Gasteiger partial charge >= 0.3 is 0 Å². The lowest BCUT2D eigenvalue weighted by Crippen LogP contribution is -2.39. The lowest BCUT2D eigenvalue weighted by molar-refractivity contribution is 0.494. The van der Waals surface area contributed by atoms with Crippen molar-refractivity contribution < 1.29 is 0 Å². The third kappa shape index (κ3) is 2.49. The van der Waals surface area contributed by atoms with Crippen LogP contribution in [0.3, 0.4) is 0 Å². The van der Waals surface area contributed by atoms with Crippen molar-refractivity contribution >= 4 is 27.6 Å². The second-order valence-corrected chi connectivity index (χ2v) is 4.88. The van der Waals surface area contributed by atoms with E-state index in [1.807, 2.05) is 4.90 Å². The first-order valence-corrected chi connectivity index (χ1v) is 6.21. The summed E-state index contributed by atoms with van der Waals surface area (Å²) >= 11 is 3.24. The second-order valence-electron chi connectivity index (χ2n) is 4.09. The minimum Gasteiger partial charge on any atom is -0.387 e. The maximum atomic E-state index is 11.4. The van der Waals surface area contributed by atoms with Crippen LogP contribution in [0.4, 0.5) is 5.82 Å². The van der Waals surface area contributed by atoms with Crippen LogP contribution in [-0.4, -0.2) is 28.9 Å². The van der Waals surface area contributed by atoms with Gasteiger partial charge in [-0.15, -0.1) is 0 Å². The van der Waals surface area contributed by atoms with Crippen LogP contribution in [0, 0.1) is 11.3 Å². The zero-order chi connectivity index (χ0) is 12.4. The van der Waals surface area contributed by atoms with E-state index in [1.54, 1.807) is 0 Å². The topological polar surface area (TPSA) is 98.9 Å². The standard InChI is InChI=1S/C10H14BrN5O/c11-7-9(14-5-15-10(7)17)16-3-1-6(2-4-16)8(12)13/h5-6H,1-4H2,(H3,12,13)(H,14,15,17). The summed E-state index contributed by atoms with van der Waals surface area (Å²) in [6.45, 7) is 1.53. The molecule has 0 atom stereocenters. The van der Waals surface area contributed by atoms with E-state index >= 15 is 0 Å². The number of piperidine rings is 1. The van der Waals surface area contributed by atoms with Crippen LogP contribution in [0.5, 0.6) is 0 Å². The number of nitrogens with two attached hydrogens (primary N) is 1. The van der Waals surface area contributed by atoms with Crippen molar-refractivity contribution in [3.8, 4) is 0 Å². The molecule has 0 radical (unpaired) electrons. The monoisotopic (exact) mass is 299 g/mol. The van der Waals surface area contributed by atoms with E-state index in [2.05, 4.69) is 25.9 Å². The SMILES string of the molecule is N=C(N)C1CCN(c2nc[nH]c(=O)c2Br)CC1. The molecule has 4 N–H and O–H groups in total. The zero-order valence-corrected chi connectivity index (χ0v) is 10.8. The number of amidine groups is 1. The van der Waals surface area contributed by atoms with Crippen molar-refractivity contribution in [3.05, 3.63) is 21.2 Å². The van der Waals surface area contributed by atoms with Gasteiger partial charge in [0.2, 0.25) is 0 Å². The fraction of sp³-hybridized carbons (Fsp3) is 0.500. The molecule has 0 unspecified atom stereocenters. The highest BCUT2D eigenvalue weighted by Crippen LogP contribution is 2.25. The van der Waals surface area contributed by atoms with Crippen LogP contribution in [0.1, 0.15) is 12.8 Å². The third-order valence-corrected chi connectivity index (χ3v) is 3.73. The molecular weight excluding hydrogens is 286 g/mol. The largest absolute Gasteiger partial charge is 0.387 e. The van der Waals surface area contributed by atoms with Crippen LogP contribution in [0.15, 0.2) is 15.6 Å². The molecule has 92 valence electrons. The fourth-order valence-electron chi connectivity index (χ4n) is 2.00. The smallest absolute Gasteiger partial charge is 0.267 e. The number of nitrogens with one attached hydrogen (secondary N) is 2. The fourth-order valence-corrected chi connectivity index (χ4v) is 2.46. The summed E-state index contributed by atoms with van der Waals surface area (Å²) in [5.41, 5.74) is 5.31. The summed E-state index contributed by atoms with van der Waals surface area (Å²) in [6.07, 6.45) is 3.06. The summed E-state index contributed by atoms with van der Waals surface area (Å²) in [7, 11) is 0. The number of anilines is 1. The van der Waals surface area contributed by atoms with Gasteiger partial charge in [0, 0.05) is 19.0 Å². The Bertz CT molecular complexity index is 478. The Morgan fingerprint density at radius 1 is 1.59 bits per heavy atom.